The number of carbonyl (C=O) groups excluding carboxylic acids is 1. The van der Waals surface area contributed by atoms with Gasteiger partial charge in [-0.3, -0.25) is 4.79 Å². The van der Waals surface area contributed by atoms with E-state index in [2.05, 4.69) is 36.2 Å². The van der Waals surface area contributed by atoms with Gasteiger partial charge in [0.1, 0.15) is 6.61 Å². The molecule has 2 aromatic rings. The van der Waals surface area contributed by atoms with Crippen molar-refractivity contribution in [1.29, 1.82) is 0 Å². The molecule has 0 radical (unpaired) electrons. The van der Waals surface area contributed by atoms with Crippen molar-refractivity contribution in [2.75, 3.05) is 32.8 Å². The summed E-state index contributed by atoms with van der Waals surface area (Å²) < 4.78 is 5.57. The number of nitrogens with one attached hydrogen (secondary N) is 1. The van der Waals surface area contributed by atoms with Crippen molar-refractivity contribution in [3.63, 3.8) is 0 Å². The standard InChI is InChI=1S/C22H30N2O2/c1-3-24(4-2)15-16-26-22(25)21(20-13-9-6-10-14-20)18-23-17-19-11-7-5-8-12-19/h5-14,21,23H,3-4,15-18H2,1-2H3/t21-/m0/s1. The molecule has 0 amide bonds. The number of likely N-dealkylation sites (N-methyl/N-ethyl adjacent to an activating group) is 1. The molecule has 26 heavy (non-hydrogen) atoms. The van der Waals surface area contributed by atoms with Gasteiger partial charge in [0.25, 0.3) is 0 Å². The lowest BCUT2D eigenvalue weighted by atomic mass is 9.99. The van der Waals surface area contributed by atoms with Crippen molar-refractivity contribution >= 4 is 5.97 Å². The van der Waals surface area contributed by atoms with Gasteiger partial charge in [-0.05, 0) is 24.2 Å². The highest BCUT2D eigenvalue weighted by Crippen LogP contribution is 2.17. The van der Waals surface area contributed by atoms with Crippen LogP contribution < -0.4 is 5.32 Å². The monoisotopic (exact) mass is 354 g/mol. The van der Waals surface area contributed by atoms with Crippen LogP contribution in [0.15, 0.2) is 60.7 Å². The Labute approximate surface area is 157 Å². The molecular weight excluding hydrogens is 324 g/mol. The minimum atomic E-state index is -0.295. The van der Waals surface area contributed by atoms with Crippen LogP contribution >= 0.6 is 0 Å². The van der Waals surface area contributed by atoms with Crippen LogP contribution in [0.2, 0.25) is 0 Å². The fourth-order valence-electron chi connectivity index (χ4n) is 2.90. The van der Waals surface area contributed by atoms with Gasteiger partial charge in [0.15, 0.2) is 0 Å². The van der Waals surface area contributed by atoms with Gasteiger partial charge in [0, 0.05) is 19.6 Å². The summed E-state index contributed by atoms with van der Waals surface area (Å²) in [6, 6.07) is 20.1. The third kappa shape index (κ3) is 6.62. The van der Waals surface area contributed by atoms with Crippen molar-refractivity contribution in [1.82, 2.24) is 10.2 Å². The molecule has 0 saturated heterocycles. The largest absolute Gasteiger partial charge is 0.464 e. The molecule has 4 nitrogen and oxygen atoms in total. The van der Waals surface area contributed by atoms with Gasteiger partial charge in [0.05, 0.1) is 5.92 Å². The fourth-order valence-corrected chi connectivity index (χ4v) is 2.90. The number of rotatable bonds is 11. The molecule has 0 spiro atoms. The zero-order valence-corrected chi connectivity index (χ0v) is 15.9. The van der Waals surface area contributed by atoms with E-state index in [1.165, 1.54) is 5.56 Å². The van der Waals surface area contributed by atoms with Gasteiger partial charge in [-0.25, -0.2) is 0 Å². The molecule has 0 unspecified atom stereocenters. The molecule has 4 heteroatoms. The first-order chi connectivity index (χ1) is 12.7. The lowest BCUT2D eigenvalue weighted by Gasteiger charge is -2.20. The molecule has 0 aromatic heterocycles. The summed E-state index contributed by atoms with van der Waals surface area (Å²) in [5.41, 5.74) is 2.19. The predicted octanol–water partition coefficient (Wildman–Crippen LogP) is 3.45. The van der Waals surface area contributed by atoms with E-state index in [0.29, 0.717) is 13.2 Å². The summed E-state index contributed by atoms with van der Waals surface area (Å²) in [7, 11) is 0. The zero-order chi connectivity index (χ0) is 18.6. The lowest BCUT2D eigenvalue weighted by molar-refractivity contribution is -0.145. The first-order valence-electron chi connectivity index (χ1n) is 9.43. The van der Waals surface area contributed by atoms with Crippen molar-refractivity contribution in [3.8, 4) is 0 Å². The molecule has 140 valence electrons. The number of benzene rings is 2. The summed E-state index contributed by atoms with van der Waals surface area (Å²) in [5, 5.41) is 3.39. The van der Waals surface area contributed by atoms with Crippen molar-refractivity contribution in [2.45, 2.75) is 26.3 Å². The molecule has 0 aliphatic carbocycles. The lowest BCUT2D eigenvalue weighted by Crippen LogP contribution is -2.31. The first-order valence-corrected chi connectivity index (χ1v) is 9.43. The minimum absolute atomic E-state index is 0.163. The highest BCUT2D eigenvalue weighted by Gasteiger charge is 2.21. The highest BCUT2D eigenvalue weighted by molar-refractivity contribution is 5.78. The van der Waals surface area contributed by atoms with E-state index in [-0.39, 0.29) is 11.9 Å². The van der Waals surface area contributed by atoms with Crippen molar-refractivity contribution in [3.05, 3.63) is 71.8 Å². The summed E-state index contributed by atoms with van der Waals surface area (Å²) in [6.07, 6.45) is 0. The average molecular weight is 354 g/mol. The van der Waals surface area contributed by atoms with E-state index in [9.17, 15) is 4.79 Å². The third-order valence-electron chi connectivity index (χ3n) is 4.55. The Hall–Kier alpha value is -2.17. The Balaban J connectivity index is 1.91. The smallest absolute Gasteiger partial charge is 0.314 e. The van der Waals surface area contributed by atoms with Gasteiger partial charge in [-0.2, -0.15) is 0 Å². The molecule has 0 bridgehead atoms. The summed E-state index contributed by atoms with van der Waals surface area (Å²) in [5.74, 6) is -0.458. The second-order valence-corrected chi connectivity index (χ2v) is 6.27. The van der Waals surface area contributed by atoms with Crippen LogP contribution in [-0.4, -0.2) is 43.7 Å². The number of carbonyl (C=O) groups is 1. The molecule has 2 rings (SSSR count). The van der Waals surface area contributed by atoms with Gasteiger partial charge in [-0.15, -0.1) is 0 Å². The van der Waals surface area contributed by atoms with E-state index < -0.39 is 0 Å². The maximum Gasteiger partial charge on any atom is 0.314 e. The van der Waals surface area contributed by atoms with Crippen LogP contribution in [0.3, 0.4) is 0 Å². The van der Waals surface area contributed by atoms with E-state index in [1.807, 2.05) is 48.5 Å². The Morgan fingerprint density at radius 1 is 1.00 bits per heavy atom. The Bertz CT molecular complexity index is 627. The Kier molecular flexibility index (Phi) is 8.87. The molecule has 1 N–H and O–H groups in total. The fraction of sp³-hybridized carbons (Fsp3) is 0.409. The number of esters is 1. The SMILES string of the molecule is CCN(CC)CCOC(=O)[C@@H](CNCc1ccccc1)c1ccccc1. The van der Waals surface area contributed by atoms with Crippen LogP contribution in [0, 0.1) is 0 Å². The molecule has 0 saturated carbocycles. The minimum Gasteiger partial charge on any atom is -0.464 e. The zero-order valence-electron chi connectivity index (χ0n) is 15.9. The molecule has 1 atom stereocenters. The van der Waals surface area contributed by atoms with Crippen molar-refractivity contribution in [2.24, 2.45) is 0 Å². The molecule has 0 heterocycles. The quantitative estimate of drug-likeness (QED) is 0.628. The third-order valence-corrected chi connectivity index (χ3v) is 4.55. The maximum atomic E-state index is 12.7. The average Bonchev–Trinajstić information content (AvgIpc) is 2.70. The van der Waals surface area contributed by atoms with Gasteiger partial charge >= 0.3 is 5.97 Å². The number of hydrogen-bond acceptors (Lipinski definition) is 4. The first kappa shape index (κ1) is 20.1. The van der Waals surface area contributed by atoms with Gasteiger partial charge < -0.3 is 15.0 Å². The summed E-state index contributed by atoms with van der Waals surface area (Å²) >= 11 is 0. The van der Waals surface area contributed by atoms with Crippen LogP contribution in [0.4, 0.5) is 0 Å². The van der Waals surface area contributed by atoms with E-state index >= 15 is 0 Å². The molecule has 0 aliphatic heterocycles. The summed E-state index contributed by atoms with van der Waals surface area (Å²) in [6.45, 7) is 8.67. The normalized spacial score (nSPS) is 12.1. The highest BCUT2D eigenvalue weighted by atomic mass is 16.5. The predicted molar refractivity (Wildman–Crippen MR) is 106 cm³/mol. The number of hydrogen-bond donors (Lipinski definition) is 1. The summed E-state index contributed by atoms with van der Waals surface area (Å²) in [4.78, 5) is 14.9. The van der Waals surface area contributed by atoms with E-state index in [0.717, 1.165) is 31.7 Å². The molecule has 2 aromatic carbocycles. The van der Waals surface area contributed by atoms with Gasteiger partial charge in [-0.1, -0.05) is 74.5 Å². The molecule has 0 aliphatic rings. The van der Waals surface area contributed by atoms with Crippen LogP contribution in [0.1, 0.15) is 30.9 Å². The number of ether oxygens (including phenoxy) is 1. The Morgan fingerprint density at radius 3 is 2.23 bits per heavy atom. The van der Waals surface area contributed by atoms with E-state index in [1.54, 1.807) is 0 Å². The topological polar surface area (TPSA) is 41.6 Å². The van der Waals surface area contributed by atoms with Crippen LogP contribution in [0.5, 0.6) is 0 Å². The number of nitrogens with zero attached hydrogens (tertiary/aromatic N) is 1. The molecular formula is C22H30N2O2. The van der Waals surface area contributed by atoms with Crippen LogP contribution in [-0.2, 0) is 16.1 Å². The van der Waals surface area contributed by atoms with Gasteiger partial charge in [0.2, 0.25) is 0 Å². The maximum absolute atomic E-state index is 12.7. The van der Waals surface area contributed by atoms with Crippen molar-refractivity contribution < 1.29 is 9.53 Å². The Morgan fingerprint density at radius 2 is 1.62 bits per heavy atom. The van der Waals surface area contributed by atoms with Crippen LogP contribution in [0.25, 0.3) is 0 Å². The second-order valence-electron chi connectivity index (χ2n) is 6.27. The second kappa shape index (κ2) is 11.4. The molecule has 0 fully saturated rings. The van der Waals surface area contributed by atoms with E-state index in [4.69, 9.17) is 4.74 Å².